The number of alkyl halides is 3. The van der Waals surface area contributed by atoms with Gasteiger partial charge in [-0.15, -0.1) is 12.4 Å². The van der Waals surface area contributed by atoms with Crippen LogP contribution in [0.4, 0.5) is 13.2 Å². The molecule has 0 radical (unpaired) electrons. The van der Waals surface area contributed by atoms with Crippen LogP contribution in [0.2, 0.25) is 0 Å². The van der Waals surface area contributed by atoms with Gasteiger partial charge in [0.05, 0.1) is 12.0 Å². The molecule has 1 amide bonds. The van der Waals surface area contributed by atoms with Gasteiger partial charge in [0.25, 0.3) is 0 Å². The van der Waals surface area contributed by atoms with Crippen LogP contribution in [0, 0.1) is 5.92 Å². The van der Waals surface area contributed by atoms with Gasteiger partial charge in [-0.2, -0.15) is 18.3 Å². The SMILES string of the molecule is Cl.O=C(C1CNC1)N1CCC(n2ccc(C(F)(F)F)n2)CC1. The Balaban J connectivity index is 0.00000176. The normalized spacial score (nSPS) is 20.4. The van der Waals surface area contributed by atoms with Crippen molar-refractivity contribution >= 4 is 18.3 Å². The number of piperidine rings is 1. The molecule has 2 saturated heterocycles. The van der Waals surface area contributed by atoms with Gasteiger partial charge in [0.1, 0.15) is 0 Å². The van der Waals surface area contributed by atoms with Gasteiger partial charge in [-0.25, -0.2) is 0 Å². The fourth-order valence-electron chi connectivity index (χ4n) is 2.76. The Bertz CT molecular complexity index is 522. The molecule has 3 rings (SSSR count). The number of nitrogens with one attached hydrogen (secondary N) is 1. The lowest BCUT2D eigenvalue weighted by atomic mass is 9.98. The van der Waals surface area contributed by atoms with Crippen LogP contribution in [0.3, 0.4) is 0 Å². The molecule has 2 aliphatic rings. The highest BCUT2D eigenvalue weighted by Gasteiger charge is 2.35. The number of hydrogen-bond donors (Lipinski definition) is 1. The summed E-state index contributed by atoms with van der Waals surface area (Å²) in [6.07, 6.45) is -1.74. The molecule has 2 fully saturated rings. The molecule has 0 aromatic carbocycles. The molecule has 0 aliphatic carbocycles. The summed E-state index contributed by atoms with van der Waals surface area (Å²) in [5.41, 5.74) is -0.860. The fourth-order valence-corrected chi connectivity index (χ4v) is 2.76. The van der Waals surface area contributed by atoms with E-state index in [1.807, 2.05) is 4.90 Å². The van der Waals surface area contributed by atoms with Crippen molar-refractivity contribution in [2.45, 2.75) is 25.1 Å². The number of aromatic nitrogens is 2. The van der Waals surface area contributed by atoms with E-state index in [1.54, 1.807) is 0 Å². The van der Waals surface area contributed by atoms with Crippen molar-refractivity contribution in [2.75, 3.05) is 26.2 Å². The monoisotopic (exact) mass is 338 g/mol. The lowest BCUT2D eigenvalue weighted by Crippen LogP contribution is -2.53. The molecule has 1 aromatic heterocycles. The third-order valence-electron chi connectivity index (χ3n) is 4.18. The summed E-state index contributed by atoms with van der Waals surface area (Å²) < 4.78 is 39.0. The predicted octanol–water partition coefficient (Wildman–Crippen LogP) is 1.71. The molecule has 0 spiro atoms. The lowest BCUT2D eigenvalue weighted by Gasteiger charge is -2.37. The first-order valence-electron chi connectivity index (χ1n) is 7.07. The van der Waals surface area contributed by atoms with Gasteiger partial charge in [-0.3, -0.25) is 9.48 Å². The second-order valence-corrected chi connectivity index (χ2v) is 5.59. The number of rotatable bonds is 2. The summed E-state index contributed by atoms with van der Waals surface area (Å²) in [6, 6.07) is 0.932. The van der Waals surface area contributed by atoms with Gasteiger partial charge in [0.15, 0.2) is 5.69 Å². The van der Waals surface area contributed by atoms with E-state index in [2.05, 4.69) is 10.4 Å². The zero-order chi connectivity index (χ0) is 15.0. The Morgan fingerprint density at radius 1 is 1.27 bits per heavy atom. The first-order valence-corrected chi connectivity index (χ1v) is 7.07. The van der Waals surface area contributed by atoms with Crippen molar-refractivity contribution < 1.29 is 18.0 Å². The topological polar surface area (TPSA) is 50.2 Å². The second kappa shape index (κ2) is 6.45. The van der Waals surface area contributed by atoms with Crippen molar-refractivity contribution in [3.05, 3.63) is 18.0 Å². The van der Waals surface area contributed by atoms with Gasteiger partial charge in [-0.1, -0.05) is 0 Å². The Kier molecular flexibility index (Phi) is 5.01. The minimum Gasteiger partial charge on any atom is -0.342 e. The number of halogens is 4. The third-order valence-corrected chi connectivity index (χ3v) is 4.18. The molecule has 2 aliphatic heterocycles. The predicted molar refractivity (Wildman–Crippen MR) is 75.7 cm³/mol. The Morgan fingerprint density at radius 3 is 2.36 bits per heavy atom. The molecule has 5 nitrogen and oxygen atoms in total. The highest BCUT2D eigenvalue weighted by molar-refractivity contribution is 5.85. The van der Waals surface area contributed by atoms with E-state index in [4.69, 9.17) is 0 Å². The number of hydrogen-bond acceptors (Lipinski definition) is 3. The summed E-state index contributed by atoms with van der Waals surface area (Å²) in [5, 5.41) is 6.68. The largest absolute Gasteiger partial charge is 0.435 e. The Hall–Kier alpha value is -1.28. The van der Waals surface area contributed by atoms with Crippen LogP contribution in [0.5, 0.6) is 0 Å². The van der Waals surface area contributed by atoms with Gasteiger partial charge < -0.3 is 10.2 Å². The van der Waals surface area contributed by atoms with Crippen molar-refractivity contribution in [3.63, 3.8) is 0 Å². The van der Waals surface area contributed by atoms with Crippen molar-refractivity contribution in [2.24, 2.45) is 5.92 Å². The molecule has 22 heavy (non-hydrogen) atoms. The maximum Gasteiger partial charge on any atom is 0.435 e. The molecule has 0 bridgehead atoms. The summed E-state index contributed by atoms with van der Waals surface area (Å²) in [5.74, 6) is 0.228. The maximum absolute atomic E-state index is 12.5. The van der Waals surface area contributed by atoms with E-state index < -0.39 is 11.9 Å². The molecule has 9 heteroatoms. The summed E-state index contributed by atoms with van der Waals surface area (Å²) in [4.78, 5) is 13.9. The summed E-state index contributed by atoms with van der Waals surface area (Å²) >= 11 is 0. The van der Waals surface area contributed by atoms with Crippen LogP contribution >= 0.6 is 12.4 Å². The fraction of sp³-hybridized carbons (Fsp3) is 0.692. The molecule has 1 aromatic rings. The van der Waals surface area contributed by atoms with Gasteiger partial charge in [0, 0.05) is 32.4 Å². The number of nitrogens with zero attached hydrogens (tertiary/aromatic N) is 3. The number of carbonyl (C=O) groups is 1. The molecule has 3 heterocycles. The average Bonchev–Trinajstić information content (AvgIpc) is 2.86. The van der Waals surface area contributed by atoms with E-state index in [-0.39, 0.29) is 30.3 Å². The first kappa shape index (κ1) is 17.1. The summed E-state index contributed by atoms with van der Waals surface area (Å²) in [7, 11) is 0. The van der Waals surface area contributed by atoms with Crippen LogP contribution in [-0.2, 0) is 11.0 Å². The Labute approximate surface area is 132 Å². The summed E-state index contributed by atoms with van der Waals surface area (Å²) in [6.45, 7) is 2.63. The van der Waals surface area contributed by atoms with Crippen molar-refractivity contribution in [1.29, 1.82) is 0 Å². The maximum atomic E-state index is 12.5. The van der Waals surface area contributed by atoms with Crippen LogP contribution in [0.25, 0.3) is 0 Å². The van der Waals surface area contributed by atoms with E-state index in [0.29, 0.717) is 25.9 Å². The lowest BCUT2D eigenvalue weighted by molar-refractivity contribution is -0.141. The quantitative estimate of drug-likeness (QED) is 0.893. The van der Waals surface area contributed by atoms with Crippen LogP contribution < -0.4 is 5.32 Å². The highest BCUT2D eigenvalue weighted by atomic mass is 35.5. The molecular weight excluding hydrogens is 321 g/mol. The van der Waals surface area contributed by atoms with Crippen LogP contribution in [0.15, 0.2) is 12.3 Å². The van der Waals surface area contributed by atoms with E-state index >= 15 is 0 Å². The first-order chi connectivity index (χ1) is 9.95. The van der Waals surface area contributed by atoms with Crippen LogP contribution in [0.1, 0.15) is 24.6 Å². The molecule has 0 unspecified atom stereocenters. The molecule has 0 atom stereocenters. The standard InChI is InChI=1S/C13H17F3N4O.ClH/c14-13(15,16)11-3-6-20(18-11)10-1-4-19(5-2-10)12(21)9-7-17-8-9;/h3,6,9-10,17H,1-2,4-5,7-8H2;1H. The van der Waals surface area contributed by atoms with Gasteiger partial charge >= 0.3 is 6.18 Å². The van der Waals surface area contributed by atoms with Crippen molar-refractivity contribution in [1.82, 2.24) is 20.0 Å². The average molecular weight is 339 g/mol. The van der Waals surface area contributed by atoms with E-state index in [0.717, 1.165) is 19.2 Å². The van der Waals surface area contributed by atoms with Crippen molar-refractivity contribution in [3.8, 4) is 0 Å². The molecule has 1 N–H and O–H groups in total. The third kappa shape index (κ3) is 3.38. The second-order valence-electron chi connectivity index (χ2n) is 5.59. The van der Waals surface area contributed by atoms with Gasteiger partial charge in [-0.05, 0) is 18.9 Å². The van der Waals surface area contributed by atoms with Crippen LogP contribution in [-0.4, -0.2) is 46.8 Å². The zero-order valence-electron chi connectivity index (χ0n) is 11.8. The molecule has 0 saturated carbocycles. The number of likely N-dealkylation sites (tertiary alicyclic amines) is 1. The van der Waals surface area contributed by atoms with Gasteiger partial charge in [0.2, 0.25) is 5.91 Å². The molecular formula is C13H18ClF3N4O. The zero-order valence-corrected chi connectivity index (χ0v) is 12.7. The molecule has 124 valence electrons. The van der Waals surface area contributed by atoms with E-state index in [1.165, 1.54) is 10.9 Å². The number of carbonyl (C=O) groups excluding carboxylic acids is 1. The Morgan fingerprint density at radius 2 is 1.91 bits per heavy atom. The number of amides is 1. The smallest absolute Gasteiger partial charge is 0.342 e. The minimum atomic E-state index is -4.40. The minimum absolute atomic E-state index is 0. The van der Waals surface area contributed by atoms with E-state index in [9.17, 15) is 18.0 Å². The highest BCUT2D eigenvalue weighted by Crippen LogP contribution is 2.29.